The summed E-state index contributed by atoms with van der Waals surface area (Å²) in [7, 11) is 0. The van der Waals surface area contributed by atoms with Gasteiger partial charge in [0.05, 0.1) is 0 Å². The minimum Gasteiger partial charge on any atom is -0.274 e. The van der Waals surface area contributed by atoms with Crippen molar-refractivity contribution in [2.75, 3.05) is 6.26 Å². The van der Waals surface area contributed by atoms with Crippen molar-refractivity contribution >= 4 is 35.3 Å². The molecule has 2 aromatic carbocycles. The zero-order chi connectivity index (χ0) is 14.1. The average molecular weight is 312 g/mol. The van der Waals surface area contributed by atoms with Gasteiger partial charge in [0.25, 0.3) is 0 Å². The highest BCUT2D eigenvalue weighted by Crippen LogP contribution is 2.15. The summed E-state index contributed by atoms with van der Waals surface area (Å²) >= 11 is 8.64. The number of rotatable bonds is 3. The standard InChI is InChI=1S/C8H9ClS.C7H9NS/c1-10-8-4-2-7(6-9)3-5-8;1-6-2-4-7(9-8)5-3-6/h2-5H,6H2,1H3;2-5H,8H2,1H3. The first-order chi connectivity index (χ1) is 9.19. The van der Waals surface area contributed by atoms with Crippen LogP contribution in [0.2, 0.25) is 0 Å². The monoisotopic (exact) mass is 311 g/mol. The zero-order valence-corrected chi connectivity index (χ0v) is 13.5. The number of benzene rings is 2. The molecule has 0 aliphatic rings. The average Bonchev–Trinajstić information content (AvgIpc) is 2.49. The minimum absolute atomic E-state index is 0.606. The summed E-state index contributed by atoms with van der Waals surface area (Å²) in [5, 5.41) is 5.32. The largest absolute Gasteiger partial charge is 0.274 e. The zero-order valence-electron chi connectivity index (χ0n) is 11.1. The Labute approximate surface area is 129 Å². The molecule has 0 fully saturated rings. The van der Waals surface area contributed by atoms with Crippen LogP contribution in [0.3, 0.4) is 0 Å². The molecule has 0 bridgehead atoms. The number of halogens is 1. The van der Waals surface area contributed by atoms with Crippen LogP contribution in [0.15, 0.2) is 58.3 Å². The molecule has 102 valence electrons. The van der Waals surface area contributed by atoms with Crippen molar-refractivity contribution in [1.82, 2.24) is 0 Å². The Kier molecular flexibility index (Phi) is 8.07. The topological polar surface area (TPSA) is 26.0 Å². The fourth-order valence-electron chi connectivity index (χ4n) is 1.33. The van der Waals surface area contributed by atoms with Gasteiger partial charge in [-0.05, 0) is 55.0 Å². The van der Waals surface area contributed by atoms with Crippen molar-refractivity contribution in [2.45, 2.75) is 22.6 Å². The molecule has 0 atom stereocenters. The molecule has 0 saturated carbocycles. The maximum Gasteiger partial charge on any atom is 0.0474 e. The van der Waals surface area contributed by atoms with Gasteiger partial charge in [0.2, 0.25) is 0 Å². The highest BCUT2D eigenvalue weighted by atomic mass is 35.5. The maximum absolute atomic E-state index is 5.62. The van der Waals surface area contributed by atoms with Gasteiger partial charge in [-0.25, -0.2) is 0 Å². The van der Waals surface area contributed by atoms with Crippen molar-refractivity contribution in [3.05, 3.63) is 59.7 Å². The van der Waals surface area contributed by atoms with E-state index in [0.717, 1.165) is 4.90 Å². The Balaban J connectivity index is 0.000000191. The van der Waals surface area contributed by atoms with Gasteiger partial charge in [0.15, 0.2) is 0 Å². The van der Waals surface area contributed by atoms with E-state index in [9.17, 15) is 0 Å². The summed E-state index contributed by atoms with van der Waals surface area (Å²) in [4.78, 5) is 2.40. The van der Waals surface area contributed by atoms with Crippen LogP contribution in [0.1, 0.15) is 11.1 Å². The third kappa shape index (κ3) is 6.39. The van der Waals surface area contributed by atoms with Crippen LogP contribution in [0.25, 0.3) is 0 Å². The van der Waals surface area contributed by atoms with Gasteiger partial charge in [-0.3, -0.25) is 5.14 Å². The fraction of sp³-hybridized carbons (Fsp3) is 0.200. The molecule has 0 saturated heterocycles. The summed E-state index contributed by atoms with van der Waals surface area (Å²) in [5.74, 6) is 0.606. The Morgan fingerprint density at radius 1 is 0.947 bits per heavy atom. The maximum atomic E-state index is 5.62. The Bertz CT molecular complexity index is 446. The molecular formula is C15H18ClNS2. The van der Waals surface area contributed by atoms with Crippen LogP contribution in [0.5, 0.6) is 0 Å². The fourth-order valence-corrected chi connectivity index (χ4v) is 2.21. The van der Waals surface area contributed by atoms with Crippen molar-refractivity contribution in [1.29, 1.82) is 0 Å². The highest BCUT2D eigenvalue weighted by Gasteiger charge is 1.89. The van der Waals surface area contributed by atoms with E-state index in [1.807, 2.05) is 12.1 Å². The first-order valence-electron chi connectivity index (χ1n) is 5.82. The lowest BCUT2D eigenvalue weighted by atomic mass is 10.2. The van der Waals surface area contributed by atoms with Gasteiger partial charge in [-0.15, -0.1) is 23.4 Å². The van der Waals surface area contributed by atoms with E-state index in [0.29, 0.717) is 5.88 Å². The van der Waals surface area contributed by atoms with Crippen LogP contribution in [-0.2, 0) is 5.88 Å². The lowest BCUT2D eigenvalue weighted by molar-refractivity contribution is 1.34. The molecule has 19 heavy (non-hydrogen) atoms. The van der Waals surface area contributed by atoms with E-state index < -0.39 is 0 Å². The summed E-state index contributed by atoms with van der Waals surface area (Å²) < 4.78 is 0. The number of nitrogens with two attached hydrogens (primary N) is 1. The minimum atomic E-state index is 0.606. The van der Waals surface area contributed by atoms with E-state index in [4.69, 9.17) is 16.7 Å². The lowest BCUT2D eigenvalue weighted by Crippen LogP contribution is -1.78. The normalized spacial score (nSPS) is 9.68. The molecule has 2 aromatic rings. The van der Waals surface area contributed by atoms with Crippen LogP contribution < -0.4 is 5.14 Å². The summed E-state index contributed by atoms with van der Waals surface area (Å²) in [5.41, 5.74) is 2.45. The Morgan fingerprint density at radius 2 is 1.47 bits per heavy atom. The van der Waals surface area contributed by atoms with Crippen LogP contribution in [0.4, 0.5) is 0 Å². The lowest BCUT2D eigenvalue weighted by Gasteiger charge is -1.96. The third-order valence-electron chi connectivity index (χ3n) is 2.47. The quantitative estimate of drug-likeness (QED) is 0.484. The molecule has 0 heterocycles. The van der Waals surface area contributed by atoms with E-state index in [-0.39, 0.29) is 0 Å². The molecule has 2 N–H and O–H groups in total. The number of hydrogen-bond donors (Lipinski definition) is 1. The van der Waals surface area contributed by atoms with Crippen LogP contribution >= 0.6 is 35.3 Å². The number of aryl methyl sites for hydroxylation is 1. The smallest absolute Gasteiger partial charge is 0.0474 e. The number of thioether (sulfide) groups is 1. The molecule has 1 nitrogen and oxygen atoms in total. The predicted octanol–water partition coefficient (Wildman–Crippen LogP) is 5.11. The van der Waals surface area contributed by atoms with Crippen molar-refractivity contribution in [2.24, 2.45) is 5.14 Å². The second-order valence-corrected chi connectivity index (χ2v) is 5.77. The molecule has 0 radical (unpaired) electrons. The molecule has 4 heteroatoms. The van der Waals surface area contributed by atoms with E-state index in [1.165, 1.54) is 28.0 Å². The van der Waals surface area contributed by atoms with Gasteiger partial charge in [-0.1, -0.05) is 29.8 Å². The first-order valence-corrected chi connectivity index (χ1v) is 8.45. The highest BCUT2D eigenvalue weighted by molar-refractivity contribution is 7.98. The molecule has 0 aliphatic heterocycles. The van der Waals surface area contributed by atoms with Crippen molar-refractivity contribution < 1.29 is 0 Å². The number of alkyl halides is 1. The van der Waals surface area contributed by atoms with E-state index in [1.54, 1.807) is 11.8 Å². The number of hydrogen-bond acceptors (Lipinski definition) is 3. The predicted molar refractivity (Wildman–Crippen MR) is 89.0 cm³/mol. The SMILES string of the molecule is CSc1ccc(CCl)cc1.Cc1ccc(SN)cc1. The van der Waals surface area contributed by atoms with Gasteiger partial charge in [-0.2, -0.15) is 0 Å². The molecule has 2 rings (SSSR count). The molecule has 0 spiro atoms. The molecular weight excluding hydrogens is 294 g/mol. The second kappa shape index (κ2) is 9.32. The third-order valence-corrected chi connectivity index (χ3v) is 4.07. The second-order valence-electron chi connectivity index (χ2n) is 3.91. The van der Waals surface area contributed by atoms with Crippen LogP contribution in [-0.4, -0.2) is 6.26 Å². The summed E-state index contributed by atoms with van der Waals surface area (Å²) in [6.07, 6.45) is 2.07. The molecule has 0 aliphatic carbocycles. The van der Waals surface area contributed by atoms with Gasteiger partial charge < -0.3 is 0 Å². The molecule has 0 aromatic heterocycles. The van der Waals surface area contributed by atoms with Gasteiger partial charge in [0, 0.05) is 15.7 Å². The summed E-state index contributed by atoms with van der Waals surface area (Å²) in [6, 6.07) is 16.4. The van der Waals surface area contributed by atoms with Gasteiger partial charge >= 0.3 is 0 Å². The van der Waals surface area contributed by atoms with Crippen LogP contribution in [0, 0.1) is 6.92 Å². The molecule has 0 unspecified atom stereocenters. The van der Waals surface area contributed by atoms with Crippen molar-refractivity contribution in [3.8, 4) is 0 Å². The van der Waals surface area contributed by atoms with E-state index >= 15 is 0 Å². The Morgan fingerprint density at radius 3 is 1.89 bits per heavy atom. The van der Waals surface area contributed by atoms with Gasteiger partial charge in [0.1, 0.15) is 0 Å². The molecule has 0 amide bonds. The van der Waals surface area contributed by atoms with E-state index in [2.05, 4.69) is 49.6 Å². The Hall–Kier alpha value is -0.610. The summed E-state index contributed by atoms with van der Waals surface area (Å²) in [6.45, 7) is 2.06. The van der Waals surface area contributed by atoms with Crippen molar-refractivity contribution in [3.63, 3.8) is 0 Å². The first kappa shape index (κ1) is 16.4.